The fourth-order valence-corrected chi connectivity index (χ4v) is 5.09. The Bertz CT molecular complexity index is 1500. The number of hydrogen-bond donors (Lipinski definition) is 0. The van der Waals surface area contributed by atoms with Crippen molar-refractivity contribution in [3.63, 3.8) is 0 Å². The molecule has 1 atom stereocenters. The highest BCUT2D eigenvalue weighted by Gasteiger charge is 2.33. The molecule has 0 bridgehead atoms. The molecule has 0 aliphatic carbocycles. The minimum atomic E-state index is -0.701. The number of allylic oxidation sites excluding steroid dienone is 1. The lowest BCUT2D eigenvalue weighted by Crippen LogP contribution is -2.40. The van der Waals surface area contributed by atoms with Crippen molar-refractivity contribution in [1.29, 1.82) is 0 Å². The fourth-order valence-electron chi connectivity index (χ4n) is 4.06. The molecule has 2 aromatic carbocycles. The molecule has 3 aromatic rings. The minimum Gasteiger partial charge on any atom is -0.497 e. The third-order valence-corrected chi connectivity index (χ3v) is 6.72. The number of carbonyl (C=O) groups excluding carboxylic acids is 1. The predicted molar refractivity (Wildman–Crippen MR) is 138 cm³/mol. The van der Waals surface area contributed by atoms with Crippen molar-refractivity contribution in [2.75, 3.05) is 21.3 Å². The number of benzene rings is 2. The van der Waals surface area contributed by atoms with Crippen molar-refractivity contribution in [3.05, 3.63) is 84.5 Å². The van der Waals surface area contributed by atoms with E-state index in [0.29, 0.717) is 43.4 Å². The summed E-state index contributed by atoms with van der Waals surface area (Å²) in [6, 6.07) is 12.0. The van der Waals surface area contributed by atoms with Crippen molar-refractivity contribution in [1.82, 2.24) is 4.57 Å². The summed E-state index contributed by atoms with van der Waals surface area (Å²) in [5.41, 5.74) is 2.00. The molecule has 1 aliphatic rings. The zero-order chi connectivity index (χ0) is 26.0. The summed E-state index contributed by atoms with van der Waals surface area (Å²) in [5, 5.41) is 0. The van der Waals surface area contributed by atoms with Crippen LogP contribution < -0.4 is 29.1 Å². The lowest BCUT2D eigenvalue weighted by atomic mass is 9.96. The smallest absolute Gasteiger partial charge is 0.338 e. The number of aromatic nitrogens is 1. The van der Waals surface area contributed by atoms with E-state index in [-0.39, 0.29) is 11.7 Å². The van der Waals surface area contributed by atoms with Gasteiger partial charge in [-0.15, -0.1) is 0 Å². The average Bonchev–Trinajstić information content (AvgIpc) is 3.16. The van der Waals surface area contributed by atoms with Crippen LogP contribution in [0.1, 0.15) is 37.9 Å². The largest absolute Gasteiger partial charge is 0.497 e. The highest BCUT2D eigenvalue weighted by atomic mass is 32.1. The van der Waals surface area contributed by atoms with Crippen LogP contribution in [-0.4, -0.2) is 38.0 Å². The van der Waals surface area contributed by atoms with Gasteiger partial charge in [0, 0.05) is 5.56 Å². The van der Waals surface area contributed by atoms with Crippen LogP contribution in [0.2, 0.25) is 0 Å². The van der Waals surface area contributed by atoms with E-state index in [1.165, 1.54) is 11.3 Å². The van der Waals surface area contributed by atoms with Gasteiger partial charge in [0.2, 0.25) is 0 Å². The van der Waals surface area contributed by atoms with E-state index < -0.39 is 12.0 Å². The Morgan fingerprint density at radius 3 is 2.31 bits per heavy atom. The highest BCUT2D eigenvalue weighted by Crippen LogP contribution is 2.32. The summed E-state index contributed by atoms with van der Waals surface area (Å²) < 4.78 is 23.7. The van der Waals surface area contributed by atoms with Gasteiger partial charge in [-0.25, -0.2) is 9.79 Å². The molecule has 188 valence electrons. The van der Waals surface area contributed by atoms with E-state index in [9.17, 15) is 9.59 Å². The second-order valence-electron chi connectivity index (χ2n) is 8.42. The van der Waals surface area contributed by atoms with Crippen molar-refractivity contribution in [2.24, 2.45) is 4.99 Å². The first-order valence-electron chi connectivity index (χ1n) is 11.4. The summed E-state index contributed by atoms with van der Waals surface area (Å²) >= 11 is 1.25. The lowest BCUT2D eigenvalue weighted by molar-refractivity contribution is -0.143. The van der Waals surface area contributed by atoms with Crippen LogP contribution >= 0.6 is 11.3 Å². The van der Waals surface area contributed by atoms with Crippen LogP contribution in [0.15, 0.2) is 63.5 Å². The Morgan fingerprint density at radius 2 is 1.69 bits per heavy atom. The number of nitrogens with zero attached hydrogens (tertiary/aromatic N) is 2. The Balaban J connectivity index is 1.95. The van der Waals surface area contributed by atoms with Crippen LogP contribution in [0.4, 0.5) is 0 Å². The number of ether oxygens (including phenoxy) is 4. The first-order chi connectivity index (χ1) is 17.3. The van der Waals surface area contributed by atoms with Crippen LogP contribution in [0.25, 0.3) is 6.08 Å². The van der Waals surface area contributed by atoms with Crippen molar-refractivity contribution in [2.45, 2.75) is 32.9 Å². The normalized spacial score (nSPS) is 15.4. The number of esters is 1. The molecule has 1 aliphatic heterocycles. The van der Waals surface area contributed by atoms with E-state index in [0.717, 1.165) is 5.56 Å². The van der Waals surface area contributed by atoms with E-state index in [1.807, 2.05) is 12.1 Å². The molecule has 0 saturated heterocycles. The third-order valence-electron chi connectivity index (χ3n) is 5.74. The summed E-state index contributed by atoms with van der Waals surface area (Å²) in [7, 11) is 4.73. The maximum absolute atomic E-state index is 13.8. The molecule has 1 unspecified atom stereocenters. The van der Waals surface area contributed by atoms with Crippen molar-refractivity contribution in [3.8, 4) is 17.2 Å². The third kappa shape index (κ3) is 4.79. The second-order valence-corrected chi connectivity index (χ2v) is 9.43. The van der Waals surface area contributed by atoms with Gasteiger partial charge in [0.15, 0.2) is 4.80 Å². The number of thiazole rings is 1. The molecule has 0 spiro atoms. The summed E-state index contributed by atoms with van der Waals surface area (Å²) in [6.07, 6.45) is 1.43. The second kappa shape index (κ2) is 10.4. The predicted octanol–water partition coefficient (Wildman–Crippen LogP) is 3.21. The van der Waals surface area contributed by atoms with Gasteiger partial charge in [-0.3, -0.25) is 9.36 Å². The van der Waals surface area contributed by atoms with Crippen LogP contribution in [0.5, 0.6) is 17.2 Å². The summed E-state index contributed by atoms with van der Waals surface area (Å²) in [5.74, 6) is 1.41. The number of rotatable bonds is 7. The van der Waals surface area contributed by atoms with Gasteiger partial charge in [0.25, 0.3) is 5.56 Å². The first-order valence-corrected chi connectivity index (χ1v) is 12.2. The van der Waals surface area contributed by atoms with E-state index in [4.69, 9.17) is 18.9 Å². The molecule has 0 amide bonds. The zero-order valence-corrected chi connectivity index (χ0v) is 21.8. The molecule has 2 heterocycles. The van der Waals surface area contributed by atoms with Gasteiger partial charge in [0.1, 0.15) is 17.2 Å². The quantitative estimate of drug-likeness (QED) is 0.456. The monoisotopic (exact) mass is 508 g/mol. The molecular weight excluding hydrogens is 480 g/mol. The Hall–Kier alpha value is -3.85. The number of methoxy groups -OCH3 is 3. The minimum absolute atomic E-state index is 0.271. The van der Waals surface area contributed by atoms with E-state index >= 15 is 0 Å². The summed E-state index contributed by atoms with van der Waals surface area (Å²) in [6.45, 7) is 5.33. The molecule has 36 heavy (non-hydrogen) atoms. The maximum atomic E-state index is 13.8. The standard InChI is InChI=1S/C27H28N2O6S/c1-15(2)35-26(31)23-16(3)28-27-29(24(23)17-7-9-19(32-4)10-8-17)25(30)22(36-27)14-18-13-20(33-5)11-12-21(18)34-6/h7-15,24H,1-6H3. The molecule has 9 heteroatoms. The lowest BCUT2D eigenvalue weighted by Gasteiger charge is -2.25. The van der Waals surface area contributed by atoms with Gasteiger partial charge in [-0.2, -0.15) is 0 Å². The number of fused-ring (bicyclic) bond motifs is 1. The topological polar surface area (TPSA) is 88.4 Å². The Morgan fingerprint density at radius 1 is 1.03 bits per heavy atom. The SMILES string of the molecule is COc1ccc(C2C(C(=O)OC(C)C)=C(C)N=c3sc(=Cc4cc(OC)ccc4OC)c(=O)n32)cc1. The van der Waals surface area contributed by atoms with E-state index in [1.54, 1.807) is 83.1 Å². The van der Waals surface area contributed by atoms with Crippen molar-refractivity contribution < 1.29 is 23.7 Å². The highest BCUT2D eigenvalue weighted by molar-refractivity contribution is 7.07. The molecule has 0 radical (unpaired) electrons. The molecule has 0 saturated carbocycles. The maximum Gasteiger partial charge on any atom is 0.338 e. The molecule has 0 N–H and O–H groups in total. The van der Waals surface area contributed by atoms with Crippen LogP contribution in [0.3, 0.4) is 0 Å². The van der Waals surface area contributed by atoms with Gasteiger partial charge in [-0.05, 0) is 62.7 Å². The van der Waals surface area contributed by atoms with Gasteiger partial charge >= 0.3 is 5.97 Å². The van der Waals surface area contributed by atoms with Gasteiger partial charge in [-0.1, -0.05) is 23.5 Å². The molecular formula is C27H28N2O6S. The van der Waals surface area contributed by atoms with Crippen LogP contribution in [0, 0.1) is 0 Å². The number of hydrogen-bond acceptors (Lipinski definition) is 8. The van der Waals surface area contributed by atoms with Crippen molar-refractivity contribution >= 4 is 23.4 Å². The van der Waals surface area contributed by atoms with Gasteiger partial charge < -0.3 is 18.9 Å². The summed E-state index contributed by atoms with van der Waals surface area (Å²) in [4.78, 5) is 32.1. The zero-order valence-electron chi connectivity index (χ0n) is 21.0. The number of carbonyl (C=O) groups is 1. The Kier molecular flexibility index (Phi) is 7.30. The van der Waals surface area contributed by atoms with E-state index in [2.05, 4.69) is 4.99 Å². The molecule has 1 aromatic heterocycles. The fraction of sp³-hybridized carbons (Fsp3) is 0.296. The van der Waals surface area contributed by atoms with Gasteiger partial charge in [0.05, 0.1) is 49.3 Å². The average molecular weight is 509 g/mol. The molecule has 8 nitrogen and oxygen atoms in total. The Labute approximate surface area is 212 Å². The molecule has 4 rings (SSSR count). The van der Waals surface area contributed by atoms with Crippen LogP contribution in [-0.2, 0) is 9.53 Å². The molecule has 0 fully saturated rings. The first kappa shape index (κ1) is 25.2.